The van der Waals surface area contributed by atoms with Crippen LogP contribution < -0.4 is 15.8 Å². The van der Waals surface area contributed by atoms with E-state index in [-0.39, 0.29) is 11.7 Å². The Morgan fingerprint density at radius 2 is 1.88 bits per heavy atom. The molecule has 0 radical (unpaired) electrons. The summed E-state index contributed by atoms with van der Waals surface area (Å²) in [6, 6.07) is 18.4. The van der Waals surface area contributed by atoms with Crippen molar-refractivity contribution in [3.63, 3.8) is 0 Å². The molecule has 32 heavy (non-hydrogen) atoms. The minimum Gasteiger partial charge on any atom is -0.439 e. The fraction of sp³-hybridized carbons (Fsp3) is 0.0455. The van der Waals surface area contributed by atoms with Gasteiger partial charge in [-0.2, -0.15) is 0 Å². The molecule has 0 atom stereocenters. The van der Waals surface area contributed by atoms with E-state index in [9.17, 15) is 4.79 Å². The van der Waals surface area contributed by atoms with Crippen LogP contribution in [0.4, 0.5) is 11.5 Å². The van der Waals surface area contributed by atoms with E-state index in [1.807, 2.05) is 34.9 Å². The highest BCUT2D eigenvalue weighted by atomic mass is 16.6. The number of amides is 1. The first kappa shape index (κ1) is 19.2. The second kappa shape index (κ2) is 7.84. The van der Waals surface area contributed by atoms with Gasteiger partial charge in [-0.25, -0.2) is 14.6 Å². The molecule has 0 bridgehead atoms. The average Bonchev–Trinajstić information content (AvgIpc) is 3.38. The van der Waals surface area contributed by atoms with E-state index >= 15 is 0 Å². The number of fused-ring (bicyclic) bond motifs is 1. The van der Waals surface area contributed by atoms with E-state index in [0.29, 0.717) is 34.4 Å². The number of nitrogens with one attached hydrogen (secondary N) is 1. The van der Waals surface area contributed by atoms with Crippen molar-refractivity contribution in [3.8, 4) is 28.8 Å². The number of hydrogen-bond acceptors (Lipinski definition) is 8. The van der Waals surface area contributed by atoms with E-state index in [0.717, 1.165) is 11.2 Å². The van der Waals surface area contributed by atoms with Gasteiger partial charge < -0.3 is 15.8 Å². The van der Waals surface area contributed by atoms with Gasteiger partial charge in [-0.05, 0) is 46.7 Å². The number of anilines is 2. The van der Waals surface area contributed by atoms with Crippen molar-refractivity contribution < 1.29 is 14.2 Å². The van der Waals surface area contributed by atoms with Crippen molar-refractivity contribution in [2.75, 3.05) is 11.1 Å². The van der Waals surface area contributed by atoms with Crippen molar-refractivity contribution in [1.82, 2.24) is 24.8 Å². The Balaban J connectivity index is 1.57. The molecular weight excluding hydrogens is 410 g/mol. The van der Waals surface area contributed by atoms with E-state index < -0.39 is 0 Å². The molecule has 3 aromatic heterocycles. The number of benzene rings is 2. The number of hydrogen-bond donors (Lipinski definition) is 2. The first-order valence-corrected chi connectivity index (χ1v) is 9.66. The van der Waals surface area contributed by atoms with Crippen molar-refractivity contribution in [2.24, 2.45) is 0 Å². The van der Waals surface area contributed by atoms with Gasteiger partial charge in [-0.15, -0.1) is 0 Å². The highest BCUT2D eigenvalue weighted by Crippen LogP contribution is 2.32. The maximum atomic E-state index is 11.2. The number of nitrogens with two attached hydrogens (primary N) is 1. The fourth-order valence-electron chi connectivity index (χ4n) is 3.30. The summed E-state index contributed by atoms with van der Waals surface area (Å²) in [4.78, 5) is 20.2. The smallest absolute Gasteiger partial charge is 0.221 e. The van der Waals surface area contributed by atoms with Crippen LogP contribution in [0, 0.1) is 0 Å². The van der Waals surface area contributed by atoms with Gasteiger partial charge in [-0.3, -0.25) is 9.36 Å². The van der Waals surface area contributed by atoms with Crippen LogP contribution in [-0.4, -0.2) is 30.8 Å². The van der Waals surface area contributed by atoms with Crippen LogP contribution >= 0.6 is 0 Å². The standard InChI is InChI=1S/C22H17N7O3/c1-13(30)25-14-7-9-16(10-8-14)31-19-11-18-17(12-24-19)26-22(20-21(23)28-32-27-20)29(18)15-5-3-2-4-6-15/h2-12H,1H3,(H2,23,28)(H,25,30). The number of carbonyl (C=O) groups excluding carboxylic acids is 1. The molecule has 1 amide bonds. The van der Waals surface area contributed by atoms with Gasteiger partial charge in [0.05, 0.1) is 11.7 Å². The molecule has 10 heteroatoms. The van der Waals surface area contributed by atoms with Gasteiger partial charge in [0.25, 0.3) is 0 Å². The van der Waals surface area contributed by atoms with E-state index in [1.165, 1.54) is 6.92 Å². The lowest BCUT2D eigenvalue weighted by Gasteiger charge is -2.09. The molecule has 158 valence electrons. The third-order valence-electron chi connectivity index (χ3n) is 4.65. The third kappa shape index (κ3) is 3.60. The van der Waals surface area contributed by atoms with Crippen LogP contribution in [0.25, 0.3) is 28.2 Å². The zero-order valence-electron chi connectivity index (χ0n) is 16.9. The number of carbonyl (C=O) groups is 1. The van der Waals surface area contributed by atoms with E-state index in [1.54, 1.807) is 36.5 Å². The number of ether oxygens (including phenoxy) is 1. The van der Waals surface area contributed by atoms with Gasteiger partial charge in [0.2, 0.25) is 11.8 Å². The fourth-order valence-corrected chi connectivity index (χ4v) is 3.30. The van der Waals surface area contributed by atoms with Crippen molar-refractivity contribution in [1.29, 1.82) is 0 Å². The minimum atomic E-state index is -0.140. The molecule has 0 aliphatic carbocycles. The van der Waals surface area contributed by atoms with Crippen LogP contribution in [0.2, 0.25) is 0 Å². The molecule has 0 fully saturated rings. The molecule has 3 N–H and O–H groups in total. The number of aromatic nitrogens is 5. The second-order valence-corrected chi connectivity index (χ2v) is 6.92. The number of pyridine rings is 1. The lowest BCUT2D eigenvalue weighted by Crippen LogP contribution is -2.05. The van der Waals surface area contributed by atoms with Crippen LogP contribution in [-0.2, 0) is 4.79 Å². The predicted octanol–water partition coefficient (Wildman–Crippen LogP) is 3.80. The zero-order valence-corrected chi connectivity index (χ0v) is 16.9. The molecule has 0 aliphatic rings. The van der Waals surface area contributed by atoms with Gasteiger partial charge in [-0.1, -0.05) is 18.2 Å². The molecule has 10 nitrogen and oxygen atoms in total. The maximum Gasteiger partial charge on any atom is 0.221 e. The highest BCUT2D eigenvalue weighted by molar-refractivity contribution is 5.88. The number of rotatable bonds is 5. The molecule has 0 saturated carbocycles. The summed E-state index contributed by atoms with van der Waals surface area (Å²) in [7, 11) is 0. The molecule has 2 aromatic carbocycles. The van der Waals surface area contributed by atoms with Crippen molar-refractivity contribution in [3.05, 3.63) is 66.9 Å². The lowest BCUT2D eigenvalue weighted by molar-refractivity contribution is -0.114. The summed E-state index contributed by atoms with van der Waals surface area (Å²) in [5.41, 5.74) is 9.16. The normalized spacial score (nSPS) is 10.9. The van der Waals surface area contributed by atoms with Gasteiger partial charge in [0, 0.05) is 24.4 Å². The zero-order chi connectivity index (χ0) is 22.1. The molecule has 3 heterocycles. The third-order valence-corrected chi connectivity index (χ3v) is 4.65. The van der Waals surface area contributed by atoms with Gasteiger partial charge in [0.15, 0.2) is 17.3 Å². The molecule has 0 aliphatic heterocycles. The van der Waals surface area contributed by atoms with Crippen LogP contribution in [0.5, 0.6) is 11.6 Å². The Kier molecular flexibility index (Phi) is 4.71. The van der Waals surface area contributed by atoms with Crippen LogP contribution in [0.3, 0.4) is 0 Å². The maximum absolute atomic E-state index is 11.2. The predicted molar refractivity (Wildman–Crippen MR) is 117 cm³/mol. The number of nitrogen functional groups attached to an aromatic ring is 1. The summed E-state index contributed by atoms with van der Waals surface area (Å²) in [5.74, 6) is 1.42. The summed E-state index contributed by atoms with van der Waals surface area (Å²) in [6.07, 6.45) is 1.61. The topological polar surface area (TPSA) is 134 Å². The molecule has 5 aromatic rings. The van der Waals surface area contributed by atoms with Crippen LogP contribution in [0.15, 0.2) is 71.5 Å². The van der Waals surface area contributed by atoms with Crippen LogP contribution in [0.1, 0.15) is 6.92 Å². The van der Waals surface area contributed by atoms with Crippen molar-refractivity contribution >= 4 is 28.4 Å². The number of nitrogens with zero attached hydrogens (tertiary/aromatic N) is 5. The molecule has 5 rings (SSSR count). The summed E-state index contributed by atoms with van der Waals surface area (Å²) in [5, 5.41) is 10.3. The Morgan fingerprint density at radius 1 is 1.09 bits per heavy atom. The summed E-state index contributed by atoms with van der Waals surface area (Å²) in [6.45, 7) is 1.45. The minimum absolute atomic E-state index is 0.140. The SMILES string of the molecule is CC(=O)Nc1ccc(Oc2cc3c(cn2)nc(-c2nonc2N)n3-c2ccccc2)cc1. The van der Waals surface area contributed by atoms with E-state index in [4.69, 9.17) is 15.1 Å². The Labute approximate surface area is 181 Å². The lowest BCUT2D eigenvalue weighted by atomic mass is 10.3. The monoisotopic (exact) mass is 427 g/mol. The molecule has 0 spiro atoms. The van der Waals surface area contributed by atoms with Gasteiger partial charge >= 0.3 is 0 Å². The molecular formula is C22H17N7O3. The Bertz CT molecular complexity index is 1410. The highest BCUT2D eigenvalue weighted by Gasteiger charge is 2.21. The van der Waals surface area contributed by atoms with Gasteiger partial charge in [0.1, 0.15) is 11.3 Å². The first-order valence-electron chi connectivity index (χ1n) is 9.66. The Hall–Kier alpha value is -4.73. The summed E-state index contributed by atoms with van der Waals surface area (Å²) >= 11 is 0. The average molecular weight is 427 g/mol. The number of imidazole rings is 1. The number of para-hydroxylation sites is 1. The Morgan fingerprint density at radius 3 is 2.56 bits per heavy atom. The second-order valence-electron chi connectivity index (χ2n) is 6.92. The largest absolute Gasteiger partial charge is 0.439 e. The molecule has 0 saturated heterocycles. The quantitative estimate of drug-likeness (QED) is 0.432. The molecule has 0 unspecified atom stereocenters. The van der Waals surface area contributed by atoms with E-state index in [2.05, 4.69) is 25.6 Å². The first-order chi connectivity index (χ1) is 15.6. The van der Waals surface area contributed by atoms with Crippen molar-refractivity contribution in [2.45, 2.75) is 6.92 Å². The summed E-state index contributed by atoms with van der Waals surface area (Å²) < 4.78 is 12.6.